The van der Waals surface area contributed by atoms with Crippen molar-refractivity contribution in [1.29, 1.82) is 0 Å². The van der Waals surface area contributed by atoms with Crippen LogP contribution in [-0.4, -0.2) is 54.1 Å². The molecule has 2 N–H and O–H groups in total. The summed E-state index contributed by atoms with van der Waals surface area (Å²) in [5.74, 6) is 0.0965. The van der Waals surface area contributed by atoms with Crippen molar-refractivity contribution in [3.63, 3.8) is 0 Å². The molecule has 1 fully saturated rings. The average molecular weight is 542 g/mol. The minimum absolute atomic E-state index is 0.132. The first-order chi connectivity index (χ1) is 19.2. The third kappa shape index (κ3) is 4.97. The smallest absolute Gasteiger partial charge is 0.410 e. The number of benzene rings is 2. The number of amides is 1. The highest BCUT2D eigenvalue weighted by molar-refractivity contribution is 5.93. The number of nitrogen functional groups attached to an aromatic ring is 1. The van der Waals surface area contributed by atoms with E-state index in [1.807, 2.05) is 67.8 Å². The Balaban J connectivity index is 1.33. The van der Waals surface area contributed by atoms with Gasteiger partial charge in [0.15, 0.2) is 5.82 Å². The topological polar surface area (TPSA) is 104 Å². The van der Waals surface area contributed by atoms with Gasteiger partial charge < -0.3 is 15.4 Å². The van der Waals surface area contributed by atoms with Crippen LogP contribution in [0.5, 0.6) is 0 Å². The second-order valence-electron chi connectivity index (χ2n) is 11.3. The first-order valence-electron chi connectivity index (χ1n) is 13.5. The van der Waals surface area contributed by atoms with Gasteiger partial charge in [0.2, 0.25) is 0 Å². The van der Waals surface area contributed by atoms with E-state index in [1.165, 1.54) is 12.4 Å². The molecule has 1 saturated heterocycles. The summed E-state index contributed by atoms with van der Waals surface area (Å²) in [6, 6.07) is 15.4. The summed E-state index contributed by atoms with van der Waals surface area (Å²) in [5.41, 5.74) is 10.5. The van der Waals surface area contributed by atoms with E-state index in [0.29, 0.717) is 47.4 Å². The van der Waals surface area contributed by atoms with Gasteiger partial charge in [-0.3, -0.25) is 4.68 Å². The number of carbonyl (C=O) groups is 1. The number of likely N-dealkylation sites (tertiary alicyclic amines) is 1. The Labute approximate surface area is 231 Å². The molecule has 0 spiro atoms. The Morgan fingerprint density at radius 1 is 1.12 bits per heavy atom. The maximum Gasteiger partial charge on any atom is 0.410 e. The van der Waals surface area contributed by atoms with Gasteiger partial charge in [-0.05, 0) is 62.9 Å². The number of piperidine rings is 1. The standard InChI is InChI=1S/C30H32FN7O2/c1-30(2,3)40-29(39)36-11-9-20(10-12-36)26-15-22(27-28(32)33-18-34-38(26)27)21-13-24(31)23-17-37(35-25(23)14-21)16-19-7-5-4-6-8-19/h4-8,13-15,17-18,20H,9-12,16H2,1-3H3,(H2,32,33,34). The second-order valence-corrected chi connectivity index (χ2v) is 11.3. The minimum Gasteiger partial charge on any atom is -0.444 e. The van der Waals surface area contributed by atoms with Gasteiger partial charge in [0.25, 0.3) is 0 Å². The zero-order valence-corrected chi connectivity index (χ0v) is 22.8. The molecule has 0 saturated carbocycles. The molecule has 0 radical (unpaired) electrons. The molecule has 40 heavy (non-hydrogen) atoms. The molecule has 0 bridgehead atoms. The first kappa shape index (κ1) is 25.8. The molecule has 206 valence electrons. The van der Waals surface area contributed by atoms with Gasteiger partial charge in [0.1, 0.15) is 23.3 Å². The minimum atomic E-state index is -0.539. The number of fused-ring (bicyclic) bond motifs is 2. The summed E-state index contributed by atoms with van der Waals surface area (Å²) in [6.07, 6.45) is 4.35. The predicted octanol–water partition coefficient (Wildman–Crippen LogP) is 5.63. The van der Waals surface area contributed by atoms with Crippen LogP contribution in [0, 0.1) is 5.82 Å². The SMILES string of the molecule is CC(C)(C)OC(=O)N1CCC(c2cc(-c3cc(F)c4cn(Cc5ccccc5)nc4c3)c3c(N)ncnn23)CC1. The van der Waals surface area contributed by atoms with Crippen LogP contribution in [0.1, 0.15) is 50.8 Å². The largest absolute Gasteiger partial charge is 0.444 e. The Hall–Kier alpha value is -4.47. The van der Waals surface area contributed by atoms with Crippen LogP contribution in [0.25, 0.3) is 27.5 Å². The summed E-state index contributed by atoms with van der Waals surface area (Å²) in [6.45, 7) is 7.29. The van der Waals surface area contributed by atoms with Gasteiger partial charge in [0, 0.05) is 36.5 Å². The van der Waals surface area contributed by atoms with E-state index in [4.69, 9.17) is 10.5 Å². The zero-order valence-electron chi connectivity index (χ0n) is 22.8. The number of nitrogens with zero attached hydrogens (tertiary/aromatic N) is 6. The molecule has 0 atom stereocenters. The molecular formula is C30H32FN7O2. The van der Waals surface area contributed by atoms with Gasteiger partial charge in [-0.15, -0.1) is 0 Å². The molecule has 5 aromatic rings. The quantitative estimate of drug-likeness (QED) is 0.316. The molecule has 4 heterocycles. The Kier molecular flexibility index (Phi) is 6.40. The molecule has 9 nitrogen and oxygen atoms in total. The second kappa shape index (κ2) is 9.93. The van der Waals surface area contributed by atoms with Crippen LogP contribution in [0.15, 0.2) is 61.1 Å². The van der Waals surface area contributed by atoms with Crippen molar-refractivity contribution in [2.24, 2.45) is 0 Å². The number of carbonyl (C=O) groups excluding carboxylic acids is 1. The van der Waals surface area contributed by atoms with Gasteiger partial charge in [0.05, 0.1) is 17.4 Å². The highest BCUT2D eigenvalue weighted by Crippen LogP contribution is 2.38. The molecule has 3 aromatic heterocycles. The normalized spacial score (nSPS) is 14.8. The van der Waals surface area contributed by atoms with E-state index < -0.39 is 5.60 Å². The lowest BCUT2D eigenvalue weighted by atomic mass is 9.93. The highest BCUT2D eigenvalue weighted by atomic mass is 19.1. The Bertz CT molecular complexity index is 1700. The van der Waals surface area contributed by atoms with Crippen molar-refractivity contribution < 1.29 is 13.9 Å². The molecule has 6 rings (SSSR count). The van der Waals surface area contributed by atoms with Crippen LogP contribution >= 0.6 is 0 Å². The number of halogens is 1. The van der Waals surface area contributed by atoms with E-state index in [1.54, 1.807) is 15.8 Å². The number of hydrogen-bond acceptors (Lipinski definition) is 6. The van der Waals surface area contributed by atoms with Crippen molar-refractivity contribution in [2.75, 3.05) is 18.8 Å². The molecule has 1 aliphatic heterocycles. The lowest BCUT2D eigenvalue weighted by Gasteiger charge is -2.33. The fourth-order valence-electron chi connectivity index (χ4n) is 5.42. The van der Waals surface area contributed by atoms with E-state index in [-0.39, 0.29) is 17.8 Å². The van der Waals surface area contributed by atoms with Crippen LogP contribution in [-0.2, 0) is 11.3 Å². The van der Waals surface area contributed by atoms with Crippen molar-refractivity contribution >= 4 is 28.3 Å². The van der Waals surface area contributed by atoms with Gasteiger partial charge >= 0.3 is 6.09 Å². The van der Waals surface area contributed by atoms with Crippen LogP contribution < -0.4 is 5.73 Å². The van der Waals surface area contributed by atoms with Crippen LogP contribution in [0.3, 0.4) is 0 Å². The average Bonchev–Trinajstić information content (AvgIpc) is 3.51. The number of anilines is 1. The van der Waals surface area contributed by atoms with Crippen molar-refractivity contribution in [2.45, 2.75) is 51.7 Å². The predicted molar refractivity (Wildman–Crippen MR) is 151 cm³/mol. The van der Waals surface area contributed by atoms with Gasteiger partial charge in [-0.25, -0.2) is 18.7 Å². The van der Waals surface area contributed by atoms with Crippen molar-refractivity contribution in [1.82, 2.24) is 29.3 Å². The molecular weight excluding hydrogens is 509 g/mol. The van der Waals surface area contributed by atoms with Crippen molar-refractivity contribution in [3.05, 3.63) is 78.1 Å². The van der Waals surface area contributed by atoms with Gasteiger partial charge in [-0.2, -0.15) is 10.2 Å². The number of ether oxygens (including phenoxy) is 1. The van der Waals surface area contributed by atoms with Crippen LogP contribution in [0.2, 0.25) is 0 Å². The van der Waals surface area contributed by atoms with Crippen molar-refractivity contribution in [3.8, 4) is 11.1 Å². The van der Waals surface area contributed by atoms with Crippen LogP contribution in [0.4, 0.5) is 15.0 Å². The third-order valence-electron chi connectivity index (χ3n) is 7.30. The lowest BCUT2D eigenvalue weighted by molar-refractivity contribution is 0.0203. The fourth-order valence-corrected chi connectivity index (χ4v) is 5.42. The van der Waals surface area contributed by atoms with E-state index in [2.05, 4.69) is 15.2 Å². The molecule has 2 aromatic carbocycles. The monoisotopic (exact) mass is 541 g/mol. The molecule has 1 aliphatic rings. The number of aromatic nitrogens is 5. The number of hydrogen-bond donors (Lipinski definition) is 1. The summed E-state index contributed by atoms with van der Waals surface area (Å²) in [5, 5.41) is 9.63. The third-order valence-corrected chi connectivity index (χ3v) is 7.30. The summed E-state index contributed by atoms with van der Waals surface area (Å²) in [4.78, 5) is 18.5. The molecule has 0 unspecified atom stereocenters. The maximum absolute atomic E-state index is 15.4. The zero-order chi connectivity index (χ0) is 28.0. The molecule has 1 amide bonds. The highest BCUT2D eigenvalue weighted by Gasteiger charge is 2.30. The molecule has 10 heteroatoms. The Morgan fingerprint density at radius 2 is 1.88 bits per heavy atom. The van der Waals surface area contributed by atoms with E-state index >= 15 is 4.39 Å². The van der Waals surface area contributed by atoms with E-state index in [0.717, 1.165) is 29.7 Å². The Morgan fingerprint density at radius 3 is 2.60 bits per heavy atom. The van der Waals surface area contributed by atoms with E-state index in [9.17, 15) is 4.79 Å². The van der Waals surface area contributed by atoms with Gasteiger partial charge in [-0.1, -0.05) is 30.3 Å². The fraction of sp³-hybridized carbons (Fsp3) is 0.333. The first-order valence-corrected chi connectivity index (χ1v) is 13.5. The maximum atomic E-state index is 15.4. The summed E-state index contributed by atoms with van der Waals surface area (Å²) < 4.78 is 24.5. The summed E-state index contributed by atoms with van der Waals surface area (Å²) in [7, 11) is 0. The molecule has 0 aliphatic carbocycles. The number of nitrogens with two attached hydrogens (primary N) is 1. The summed E-state index contributed by atoms with van der Waals surface area (Å²) >= 11 is 0. The lowest BCUT2D eigenvalue weighted by Crippen LogP contribution is -2.41. The number of rotatable bonds is 4.